The highest BCUT2D eigenvalue weighted by atomic mass is 16.6. The Morgan fingerprint density at radius 2 is 2.09 bits per heavy atom. The Hall–Kier alpha value is -2.56. The highest BCUT2D eigenvalue weighted by Gasteiger charge is 2.22. The van der Waals surface area contributed by atoms with Crippen molar-refractivity contribution in [3.05, 3.63) is 67.0 Å². The fourth-order valence-electron chi connectivity index (χ4n) is 2.12. The number of benzene rings is 1. The van der Waals surface area contributed by atoms with Crippen LogP contribution in [0.1, 0.15) is 18.6 Å². The van der Waals surface area contributed by atoms with Crippen molar-refractivity contribution in [2.24, 2.45) is 7.05 Å². The zero-order valence-electron chi connectivity index (χ0n) is 12.9. The summed E-state index contributed by atoms with van der Waals surface area (Å²) in [6.07, 6.45) is 4.89. The zero-order valence-corrected chi connectivity index (χ0v) is 12.9. The predicted molar refractivity (Wildman–Crippen MR) is 81.6 cm³/mol. The number of aryl methyl sites for hydroxylation is 1. The molecule has 5 nitrogen and oxygen atoms in total. The number of hydrogen-bond acceptors (Lipinski definition) is 3. The van der Waals surface area contributed by atoms with E-state index in [1.54, 1.807) is 4.57 Å². The van der Waals surface area contributed by atoms with E-state index < -0.39 is 6.10 Å². The van der Waals surface area contributed by atoms with E-state index in [0.29, 0.717) is 12.4 Å². The van der Waals surface area contributed by atoms with Gasteiger partial charge in [0.25, 0.3) is 0 Å². The van der Waals surface area contributed by atoms with E-state index in [2.05, 4.69) is 6.58 Å². The van der Waals surface area contributed by atoms with Crippen LogP contribution in [0.15, 0.2) is 61.4 Å². The summed E-state index contributed by atoms with van der Waals surface area (Å²) in [7, 11) is 1.89. The smallest absolute Gasteiger partial charge is 0.349 e. The standard InChI is InChI=1S/C17H21N2O3/c1-4-21-14(2)17(15-8-6-5-7-9-15)22-16(20)12-19-11-10-18(3)13-19/h5-11,13,17H,2,4,12H2,1,3H3/q+1/t17-/m0/s1. The van der Waals surface area contributed by atoms with E-state index in [1.807, 2.05) is 67.6 Å². The van der Waals surface area contributed by atoms with Crippen LogP contribution in [-0.4, -0.2) is 17.1 Å². The molecule has 2 rings (SSSR count). The third-order valence-corrected chi connectivity index (χ3v) is 3.11. The molecule has 0 aliphatic carbocycles. The normalized spacial score (nSPS) is 11.7. The number of imidazole rings is 1. The summed E-state index contributed by atoms with van der Waals surface area (Å²) in [5, 5.41) is 0. The molecule has 0 amide bonds. The Kier molecular flexibility index (Phi) is 5.36. The van der Waals surface area contributed by atoms with Crippen molar-refractivity contribution < 1.29 is 18.8 Å². The highest BCUT2D eigenvalue weighted by molar-refractivity contribution is 5.68. The van der Waals surface area contributed by atoms with Gasteiger partial charge in [-0.25, -0.2) is 13.9 Å². The van der Waals surface area contributed by atoms with E-state index in [9.17, 15) is 4.79 Å². The second kappa shape index (κ2) is 7.45. The lowest BCUT2D eigenvalue weighted by molar-refractivity contribution is -0.685. The second-order valence-corrected chi connectivity index (χ2v) is 4.93. The van der Waals surface area contributed by atoms with Gasteiger partial charge in [-0.15, -0.1) is 0 Å². The van der Waals surface area contributed by atoms with Gasteiger partial charge in [-0.05, 0) is 6.92 Å². The van der Waals surface area contributed by atoms with Crippen LogP contribution in [0.4, 0.5) is 0 Å². The van der Waals surface area contributed by atoms with Gasteiger partial charge in [0, 0.05) is 5.56 Å². The van der Waals surface area contributed by atoms with Crippen LogP contribution in [0.3, 0.4) is 0 Å². The summed E-state index contributed by atoms with van der Waals surface area (Å²) in [5.74, 6) is 0.0889. The summed E-state index contributed by atoms with van der Waals surface area (Å²) >= 11 is 0. The molecule has 0 aliphatic heterocycles. The largest absolute Gasteiger partial charge is 0.495 e. The Morgan fingerprint density at radius 1 is 1.36 bits per heavy atom. The summed E-state index contributed by atoms with van der Waals surface area (Å²) in [6.45, 7) is 6.37. The van der Waals surface area contributed by atoms with Crippen molar-refractivity contribution in [1.82, 2.24) is 4.57 Å². The lowest BCUT2D eigenvalue weighted by Gasteiger charge is -2.20. The molecule has 0 bridgehead atoms. The van der Waals surface area contributed by atoms with Gasteiger partial charge < -0.3 is 9.47 Å². The van der Waals surface area contributed by atoms with Crippen molar-refractivity contribution in [2.75, 3.05) is 6.61 Å². The van der Waals surface area contributed by atoms with Crippen LogP contribution in [0, 0.1) is 0 Å². The van der Waals surface area contributed by atoms with Gasteiger partial charge in [0.2, 0.25) is 6.33 Å². The third kappa shape index (κ3) is 4.22. The molecular weight excluding hydrogens is 280 g/mol. The van der Waals surface area contributed by atoms with Gasteiger partial charge in [-0.1, -0.05) is 36.9 Å². The molecule has 0 spiro atoms. The molecule has 2 aromatic rings. The number of esters is 1. The topological polar surface area (TPSA) is 44.3 Å². The van der Waals surface area contributed by atoms with Crippen LogP contribution in [0.2, 0.25) is 0 Å². The maximum Gasteiger partial charge on any atom is 0.349 e. The van der Waals surface area contributed by atoms with E-state index >= 15 is 0 Å². The molecule has 0 aliphatic rings. The molecular formula is C17H21N2O3+. The molecule has 1 aromatic heterocycles. The first-order valence-corrected chi connectivity index (χ1v) is 7.17. The summed E-state index contributed by atoms with van der Waals surface area (Å²) < 4.78 is 14.6. The van der Waals surface area contributed by atoms with Crippen molar-refractivity contribution >= 4 is 5.97 Å². The van der Waals surface area contributed by atoms with E-state index in [1.165, 1.54) is 0 Å². The first kappa shape index (κ1) is 15.8. The van der Waals surface area contributed by atoms with E-state index in [-0.39, 0.29) is 12.5 Å². The summed E-state index contributed by atoms with van der Waals surface area (Å²) in [5.41, 5.74) is 0.840. The molecule has 0 fully saturated rings. The maximum atomic E-state index is 12.2. The van der Waals surface area contributed by atoms with Crippen molar-refractivity contribution in [3.8, 4) is 0 Å². The number of ether oxygens (including phenoxy) is 2. The fourth-order valence-corrected chi connectivity index (χ4v) is 2.12. The van der Waals surface area contributed by atoms with Gasteiger partial charge in [-0.3, -0.25) is 0 Å². The van der Waals surface area contributed by atoms with E-state index in [4.69, 9.17) is 9.47 Å². The average Bonchev–Trinajstić information content (AvgIpc) is 2.91. The second-order valence-electron chi connectivity index (χ2n) is 4.93. The predicted octanol–water partition coefficient (Wildman–Crippen LogP) is 2.15. The number of carbonyl (C=O) groups excluding carboxylic acids is 1. The number of nitrogens with zero attached hydrogens (tertiary/aromatic N) is 2. The maximum absolute atomic E-state index is 12.2. The lowest BCUT2D eigenvalue weighted by Crippen LogP contribution is -2.37. The Morgan fingerprint density at radius 3 is 2.68 bits per heavy atom. The van der Waals surface area contributed by atoms with Crippen LogP contribution in [-0.2, 0) is 27.9 Å². The Bertz CT molecular complexity index is 634. The molecule has 1 aromatic carbocycles. The van der Waals surface area contributed by atoms with Gasteiger partial charge in [0.05, 0.1) is 13.7 Å². The molecule has 5 heteroatoms. The highest BCUT2D eigenvalue weighted by Crippen LogP contribution is 2.25. The van der Waals surface area contributed by atoms with Gasteiger partial charge >= 0.3 is 5.97 Å². The first-order chi connectivity index (χ1) is 10.6. The quantitative estimate of drug-likeness (QED) is 0.447. The number of hydrogen-bond donors (Lipinski definition) is 0. The summed E-state index contributed by atoms with van der Waals surface area (Å²) in [4.78, 5) is 12.2. The zero-order chi connectivity index (χ0) is 15.9. The fraction of sp³-hybridized carbons (Fsp3) is 0.294. The molecule has 0 saturated carbocycles. The molecule has 1 heterocycles. The average molecular weight is 301 g/mol. The molecule has 116 valence electrons. The van der Waals surface area contributed by atoms with Crippen molar-refractivity contribution in [2.45, 2.75) is 19.6 Å². The monoisotopic (exact) mass is 301 g/mol. The molecule has 0 N–H and O–H groups in total. The molecule has 22 heavy (non-hydrogen) atoms. The SMILES string of the molecule is C=C(OCC)[C@H](OC(=O)C[n+]1ccn(C)c1)c1ccccc1. The molecule has 1 atom stereocenters. The Labute approximate surface area is 130 Å². The van der Waals surface area contributed by atoms with Crippen molar-refractivity contribution in [3.63, 3.8) is 0 Å². The minimum Gasteiger partial charge on any atom is -0.495 e. The number of aromatic nitrogens is 2. The van der Waals surface area contributed by atoms with Crippen LogP contribution in [0.5, 0.6) is 0 Å². The number of carbonyl (C=O) groups is 1. The minimum absolute atomic E-state index is 0.142. The van der Waals surface area contributed by atoms with Gasteiger partial charge in [-0.2, -0.15) is 0 Å². The lowest BCUT2D eigenvalue weighted by atomic mass is 10.1. The first-order valence-electron chi connectivity index (χ1n) is 7.17. The minimum atomic E-state index is -0.599. The van der Waals surface area contributed by atoms with Crippen LogP contribution in [0.25, 0.3) is 0 Å². The Balaban J connectivity index is 2.09. The molecule has 0 radical (unpaired) electrons. The van der Waals surface area contributed by atoms with Crippen LogP contribution >= 0.6 is 0 Å². The molecule has 0 unspecified atom stereocenters. The summed E-state index contributed by atoms with van der Waals surface area (Å²) in [6, 6.07) is 9.46. The molecule has 0 saturated heterocycles. The van der Waals surface area contributed by atoms with Gasteiger partial charge in [0.1, 0.15) is 18.2 Å². The van der Waals surface area contributed by atoms with Crippen molar-refractivity contribution in [1.29, 1.82) is 0 Å². The van der Waals surface area contributed by atoms with E-state index in [0.717, 1.165) is 5.56 Å². The van der Waals surface area contributed by atoms with Gasteiger partial charge in [0.15, 0.2) is 12.6 Å². The van der Waals surface area contributed by atoms with Crippen LogP contribution < -0.4 is 4.57 Å². The number of rotatable bonds is 7. The third-order valence-electron chi connectivity index (χ3n) is 3.11.